The van der Waals surface area contributed by atoms with E-state index in [9.17, 15) is 25.2 Å². The van der Waals surface area contributed by atoms with Crippen LogP contribution in [0.25, 0.3) is 0 Å². The molecule has 0 aromatic heterocycles. The number of para-hydroxylation sites is 1. The molecule has 4 unspecified atom stereocenters. The molecule has 7 rings (SSSR count). The summed E-state index contributed by atoms with van der Waals surface area (Å²) in [6.45, 7) is 12.5. The quantitative estimate of drug-likeness (QED) is 0.258. The maximum atomic E-state index is 13.4. The summed E-state index contributed by atoms with van der Waals surface area (Å²) in [5.74, 6) is 0.489. The van der Waals surface area contributed by atoms with Gasteiger partial charge in [-0.1, -0.05) is 39.8 Å². The number of carbonyl (C=O) groups excluding carboxylic acids is 1. The summed E-state index contributed by atoms with van der Waals surface area (Å²) in [4.78, 5) is 13.4. The number of aliphatic hydroxyl groups is 4. The van der Waals surface area contributed by atoms with Crippen LogP contribution in [0.4, 0.5) is 5.69 Å². The molecule has 0 bridgehead atoms. The smallest absolute Gasteiger partial charge is 0.340 e. The highest BCUT2D eigenvalue weighted by molar-refractivity contribution is 5.95. The summed E-state index contributed by atoms with van der Waals surface area (Å²) >= 11 is 0. The Morgan fingerprint density at radius 3 is 2.43 bits per heavy atom. The molecule has 8 heteroatoms. The first-order valence-electron chi connectivity index (χ1n) is 17.9. The number of hydrogen-bond acceptors (Lipinski definition) is 8. The van der Waals surface area contributed by atoms with Gasteiger partial charge in [-0.3, -0.25) is 0 Å². The number of carbonyl (C=O) groups is 1. The Labute approximate surface area is 274 Å². The molecule has 5 N–H and O–H groups in total. The lowest BCUT2D eigenvalue weighted by atomic mass is 9.37. The normalized spacial score (nSPS) is 48.0. The summed E-state index contributed by atoms with van der Waals surface area (Å²) in [7, 11) is 1.82. The van der Waals surface area contributed by atoms with Crippen LogP contribution in [0, 0.1) is 50.7 Å². The molecule has 0 amide bonds. The fourth-order valence-electron chi connectivity index (χ4n) is 13.3. The average molecular weight is 640 g/mol. The number of aliphatic hydroxyl groups excluding tert-OH is 3. The summed E-state index contributed by atoms with van der Waals surface area (Å²) < 4.78 is 12.2. The highest BCUT2D eigenvalue weighted by Gasteiger charge is 2.85. The van der Waals surface area contributed by atoms with Crippen molar-refractivity contribution >= 4 is 11.7 Å². The minimum atomic E-state index is -1.30. The zero-order valence-corrected chi connectivity index (χ0v) is 28.9. The highest BCUT2D eigenvalue weighted by atomic mass is 16.6. The van der Waals surface area contributed by atoms with Crippen molar-refractivity contribution < 1.29 is 34.7 Å². The molecule has 5 aliphatic carbocycles. The average Bonchev–Trinajstić information content (AvgIpc) is 3.37. The van der Waals surface area contributed by atoms with Gasteiger partial charge in [0.05, 0.1) is 23.4 Å². The molecule has 1 saturated heterocycles. The van der Waals surface area contributed by atoms with Crippen LogP contribution in [0.1, 0.15) is 110 Å². The minimum absolute atomic E-state index is 0.0166. The summed E-state index contributed by atoms with van der Waals surface area (Å²) in [5.41, 5.74) is -0.378. The van der Waals surface area contributed by atoms with Crippen molar-refractivity contribution in [2.75, 3.05) is 12.4 Å². The predicted molar refractivity (Wildman–Crippen MR) is 175 cm³/mol. The number of nitrogens with one attached hydrogen (secondary N) is 1. The van der Waals surface area contributed by atoms with Gasteiger partial charge in [0.2, 0.25) is 0 Å². The van der Waals surface area contributed by atoms with E-state index in [2.05, 4.69) is 33.0 Å². The SMILES string of the molecule is CNc1ccccc1C(=O)O[C@H]1CC[C@@]2(C)C(C[C@@H](O)[C@]3(C)[C@@H]2CC[C@]24C[C@@]23CC[C@H]4C2C[C@H](C(O)C(C)(C)O)OC2O)C1(C)C. The first kappa shape index (κ1) is 32.8. The van der Waals surface area contributed by atoms with Gasteiger partial charge in [0.15, 0.2) is 6.29 Å². The zero-order chi connectivity index (χ0) is 33.2. The second-order valence-corrected chi connectivity index (χ2v) is 17.9. The topological polar surface area (TPSA) is 128 Å². The van der Waals surface area contributed by atoms with E-state index in [0.29, 0.717) is 24.3 Å². The molecule has 1 aromatic rings. The van der Waals surface area contributed by atoms with Crippen LogP contribution in [0.5, 0.6) is 0 Å². The van der Waals surface area contributed by atoms with E-state index in [1.165, 1.54) is 0 Å². The van der Waals surface area contributed by atoms with E-state index >= 15 is 0 Å². The maximum Gasteiger partial charge on any atom is 0.340 e. The zero-order valence-electron chi connectivity index (χ0n) is 28.9. The Kier molecular flexibility index (Phi) is 7.42. The number of fused-ring (bicyclic) bond motifs is 3. The fourth-order valence-corrected chi connectivity index (χ4v) is 13.3. The number of ether oxygens (including phenoxy) is 2. The van der Waals surface area contributed by atoms with Crippen LogP contribution >= 0.6 is 0 Å². The van der Waals surface area contributed by atoms with Crippen LogP contribution in [0.15, 0.2) is 24.3 Å². The monoisotopic (exact) mass is 639 g/mol. The van der Waals surface area contributed by atoms with E-state index in [1.54, 1.807) is 13.8 Å². The van der Waals surface area contributed by atoms with Crippen LogP contribution in [0.2, 0.25) is 0 Å². The Morgan fingerprint density at radius 2 is 1.74 bits per heavy atom. The number of benzene rings is 1. The van der Waals surface area contributed by atoms with Crippen LogP contribution < -0.4 is 5.32 Å². The Hall–Kier alpha value is -1.71. The van der Waals surface area contributed by atoms with Crippen molar-refractivity contribution in [3.63, 3.8) is 0 Å². The van der Waals surface area contributed by atoms with E-state index in [1.807, 2.05) is 31.3 Å². The molecule has 0 spiro atoms. The van der Waals surface area contributed by atoms with Gasteiger partial charge in [0, 0.05) is 29.5 Å². The van der Waals surface area contributed by atoms with Crippen LogP contribution in [-0.2, 0) is 9.47 Å². The van der Waals surface area contributed by atoms with E-state index < -0.39 is 30.2 Å². The maximum absolute atomic E-state index is 13.4. The molecule has 1 heterocycles. The molecule has 8 nitrogen and oxygen atoms in total. The summed E-state index contributed by atoms with van der Waals surface area (Å²) in [6.07, 6.45) is 5.05. The first-order chi connectivity index (χ1) is 21.5. The third-order valence-electron chi connectivity index (χ3n) is 15.5. The third-order valence-corrected chi connectivity index (χ3v) is 15.5. The van der Waals surface area contributed by atoms with Crippen molar-refractivity contribution in [2.45, 2.75) is 136 Å². The first-order valence-corrected chi connectivity index (χ1v) is 17.9. The molecule has 46 heavy (non-hydrogen) atoms. The van der Waals surface area contributed by atoms with Gasteiger partial charge in [-0.05, 0) is 118 Å². The molecule has 0 radical (unpaired) electrons. The number of anilines is 1. The molecule has 6 aliphatic rings. The van der Waals surface area contributed by atoms with Crippen LogP contribution in [-0.4, -0.2) is 69.8 Å². The van der Waals surface area contributed by atoms with Gasteiger partial charge in [0.1, 0.15) is 12.2 Å². The van der Waals surface area contributed by atoms with Crippen molar-refractivity contribution in [3.8, 4) is 0 Å². The van der Waals surface area contributed by atoms with Gasteiger partial charge >= 0.3 is 5.97 Å². The van der Waals surface area contributed by atoms with Gasteiger partial charge in [-0.25, -0.2) is 4.79 Å². The molecular weight excluding hydrogens is 582 g/mol. The summed E-state index contributed by atoms with van der Waals surface area (Å²) in [5, 5.41) is 47.8. The Morgan fingerprint density at radius 1 is 1.02 bits per heavy atom. The van der Waals surface area contributed by atoms with Gasteiger partial charge in [-0.2, -0.15) is 0 Å². The third kappa shape index (κ3) is 4.18. The van der Waals surface area contributed by atoms with Gasteiger partial charge in [-0.15, -0.1) is 0 Å². The predicted octanol–water partition coefficient (Wildman–Crippen LogP) is 5.52. The molecule has 256 valence electrons. The van der Waals surface area contributed by atoms with Gasteiger partial charge < -0.3 is 35.2 Å². The Bertz CT molecular complexity index is 1370. The number of hydrogen-bond donors (Lipinski definition) is 5. The largest absolute Gasteiger partial charge is 0.458 e. The molecule has 5 saturated carbocycles. The van der Waals surface area contributed by atoms with Crippen molar-refractivity contribution in [3.05, 3.63) is 29.8 Å². The number of esters is 1. The van der Waals surface area contributed by atoms with E-state index in [0.717, 1.165) is 50.6 Å². The van der Waals surface area contributed by atoms with E-state index in [4.69, 9.17) is 9.47 Å². The standard InChI is InChI=1S/C38H57NO7/c1-33(2)27-19-28(40)36(6)26(35(27,5)15-14-29(33)46-31(42)21-10-8-9-11-24(21)39-7)13-16-37-20-38(36,37)17-12-23(37)22-18-25(45-32(22)43)30(41)34(3,4)44/h8-11,22-23,25-30,32,39-41,43-44H,12-20H2,1-7H3/t22?,23-,25+,26+,27?,28+,29-,30?,32?,35+,36-,37+,38+/m0/s1. The van der Waals surface area contributed by atoms with E-state index in [-0.39, 0.29) is 56.9 Å². The second kappa shape index (κ2) is 10.4. The molecule has 6 fully saturated rings. The molecule has 13 atom stereocenters. The Balaban J connectivity index is 1.13. The van der Waals surface area contributed by atoms with Crippen molar-refractivity contribution in [1.82, 2.24) is 0 Å². The summed E-state index contributed by atoms with van der Waals surface area (Å²) in [6, 6.07) is 7.48. The lowest BCUT2D eigenvalue weighted by Gasteiger charge is -2.68. The van der Waals surface area contributed by atoms with Gasteiger partial charge in [0.25, 0.3) is 0 Å². The lowest BCUT2D eigenvalue weighted by Crippen LogP contribution is -2.66. The molecule has 1 aromatic carbocycles. The second-order valence-electron chi connectivity index (χ2n) is 17.9. The number of rotatable bonds is 6. The molecule has 1 aliphatic heterocycles. The van der Waals surface area contributed by atoms with Crippen molar-refractivity contribution in [1.29, 1.82) is 0 Å². The molecular formula is C38H57NO7. The fraction of sp³-hybridized carbons (Fsp3) is 0.816. The van der Waals surface area contributed by atoms with Crippen LogP contribution in [0.3, 0.4) is 0 Å². The highest BCUT2D eigenvalue weighted by Crippen LogP contribution is 2.91. The van der Waals surface area contributed by atoms with Crippen molar-refractivity contribution in [2.24, 2.45) is 50.7 Å². The minimum Gasteiger partial charge on any atom is -0.458 e. The lowest BCUT2D eigenvalue weighted by molar-refractivity contribution is -0.242.